The molecule has 0 aliphatic carbocycles. The molecule has 0 spiro atoms. The fourth-order valence-corrected chi connectivity index (χ4v) is 4.52. The summed E-state index contributed by atoms with van der Waals surface area (Å²) in [5, 5.41) is 0. The fourth-order valence-electron chi connectivity index (χ4n) is 4.52. The first-order valence-electron chi connectivity index (χ1n) is 10.8. The molecule has 3 heterocycles. The monoisotopic (exact) mass is 412 g/mol. The van der Waals surface area contributed by atoms with Crippen molar-refractivity contribution in [2.24, 2.45) is 0 Å². The van der Waals surface area contributed by atoms with Crippen LogP contribution in [0.15, 0.2) is 23.0 Å². The highest BCUT2D eigenvalue weighted by atomic mass is 16.5. The number of aromatic nitrogens is 2. The molecule has 1 aromatic heterocycles. The van der Waals surface area contributed by atoms with Gasteiger partial charge in [-0.05, 0) is 56.0 Å². The SMILES string of the molecule is COc1cc(C)c(CN2CCC[C@@H](c3cc(=O)[nH]c(N4CCOCC4)n3)C2)cc1C. The summed E-state index contributed by atoms with van der Waals surface area (Å²) in [6, 6.07) is 6.04. The Morgan fingerprint density at radius 1 is 1.17 bits per heavy atom. The number of piperidine rings is 1. The predicted molar refractivity (Wildman–Crippen MR) is 118 cm³/mol. The maximum Gasteiger partial charge on any atom is 0.252 e. The standard InChI is InChI=1S/C23H32N4O3/c1-16-12-21(29-3)17(2)11-19(16)15-26-6-4-5-18(14-26)20-13-22(28)25-23(24-20)27-7-9-30-10-8-27/h11-13,18H,4-10,14-15H2,1-3H3,(H,24,25,28)/t18-/m1/s1. The van der Waals surface area contributed by atoms with Crippen LogP contribution in [0.5, 0.6) is 5.75 Å². The van der Waals surface area contributed by atoms with Crippen molar-refractivity contribution >= 4 is 5.95 Å². The molecule has 2 saturated heterocycles. The highest BCUT2D eigenvalue weighted by Crippen LogP contribution is 2.29. The third-order valence-corrected chi connectivity index (χ3v) is 6.23. The number of hydrogen-bond acceptors (Lipinski definition) is 6. The minimum Gasteiger partial charge on any atom is -0.496 e. The van der Waals surface area contributed by atoms with Crippen molar-refractivity contribution < 1.29 is 9.47 Å². The summed E-state index contributed by atoms with van der Waals surface area (Å²) in [5.74, 6) is 1.90. The van der Waals surface area contributed by atoms with E-state index in [1.807, 2.05) is 0 Å². The lowest BCUT2D eigenvalue weighted by Gasteiger charge is -2.33. The molecule has 1 atom stereocenters. The van der Waals surface area contributed by atoms with Crippen molar-refractivity contribution in [1.82, 2.24) is 14.9 Å². The first-order valence-corrected chi connectivity index (χ1v) is 10.8. The van der Waals surface area contributed by atoms with Gasteiger partial charge in [0.25, 0.3) is 5.56 Å². The second-order valence-corrected chi connectivity index (χ2v) is 8.42. The molecule has 0 unspecified atom stereocenters. The molecule has 7 heteroatoms. The highest BCUT2D eigenvalue weighted by molar-refractivity contribution is 5.41. The molecule has 1 N–H and O–H groups in total. The lowest BCUT2D eigenvalue weighted by molar-refractivity contribution is 0.122. The number of aromatic amines is 1. The number of nitrogens with one attached hydrogen (secondary N) is 1. The highest BCUT2D eigenvalue weighted by Gasteiger charge is 2.25. The number of nitrogens with zero attached hydrogens (tertiary/aromatic N) is 3. The number of H-pyrrole nitrogens is 1. The number of ether oxygens (including phenoxy) is 2. The Labute approximate surface area is 178 Å². The molecule has 2 fully saturated rings. The molecule has 0 amide bonds. The Hall–Kier alpha value is -2.38. The maximum absolute atomic E-state index is 12.3. The van der Waals surface area contributed by atoms with Crippen LogP contribution in [0.4, 0.5) is 5.95 Å². The normalized spacial score (nSPS) is 20.4. The van der Waals surface area contributed by atoms with E-state index in [1.165, 1.54) is 11.1 Å². The third-order valence-electron chi connectivity index (χ3n) is 6.23. The molecule has 0 saturated carbocycles. The Morgan fingerprint density at radius 3 is 2.73 bits per heavy atom. The van der Waals surface area contributed by atoms with Crippen LogP contribution in [0.3, 0.4) is 0 Å². The summed E-state index contributed by atoms with van der Waals surface area (Å²) < 4.78 is 10.9. The number of morpholine rings is 1. The van der Waals surface area contributed by atoms with Crippen molar-refractivity contribution in [3.8, 4) is 5.75 Å². The number of likely N-dealkylation sites (tertiary alicyclic amines) is 1. The maximum atomic E-state index is 12.3. The lowest BCUT2D eigenvalue weighted by atomic mass is 9.93. The van der Waals surface area contributed by atoms with Crippen LogP contribution in [-0.4, -0.2) is 61.4 Å². The van der Waals surface area contributed by atoms with E-state index in [0.29, 0.717) is 19.2 Å². The quantitative estimate of drug-likeness (QED) is 0.814. The number of benzene rings is 1. The van der Waals surface area contributed by atoms with Crippen LogP contribution in [0.2, 0.25) is 0 Å². The number of rotatable bonds is 5. The second-order valence-electron chi connectivity index (χ2n) is 8.42. The van der Waals surface area contributed by atoms with Gasteiger partial charge in [0, 0.05) is 38.2 Å². The van der Waals surface area contributed by atoms with Gasteiger partial charge in [-0.1, -0.05) is 6.07 Å². The van der Waals surface area contributed by atoms with Crippen molar-refractivity contribution in [3.63, 3.8) is 0 Å². The van der Waals surface area contributed by atoms with E-state index in [2.05, 4.69) is 40.8 Å². The van der Waals surface area contributed by atoms with Gasteiger partial charge in [0.15, 0.2) is 0 Å². The van der Waals surface area contributed by atoms with Crippen LogP contribution < -0.4 is 15.2 Å². The number of methoxy groups -OCH3 is 1. The third kappa shape index (κ3) is 4.68. The summed E-state index contributed by atoms with van der Waals surface area (Å²) in [6.07, 6.45) is 2.18. The zero-order valence-electron chi connectivity index (χ0n) is 18.2. The molecule has 7 nitrogen and oxygen atoms in total. The summed E-state index contributed by atoms with van der Waals surface area (Å²) in [7, 11) is 1.72. The molecule has 0 bridgehead atoms. The first-order chi connectivity index (χ1) is 14.5. The number of hydrogen-bond donors (Lipinski definition) is 1. The van der Waals surface area contributed by atoms with Crippen LogP contribution in [-0.2, 0) is 11.3 Å². The van der Waals surface area contributed by atoms with Crippen molar-refractivity contribution in [1.29, 1.82) is 0 Å². The summed E-state index contributed by atoms with van der Waals surface area (Å²) in [5.41, 5.74) is 4.59. The van der Waals surface area contributed by atoms with E-state index >= 15 is 0 Å². The molecule has 1 aromatic carbocycles. The van der Waals surface area contributed by atoms with Crippen LogP contribution in [0, 0.1) is 13.8 Å². The van der Waals surface area contributed by atoms with Crippen molar-refractivity contribution in [2.45, 2.75) is 39.2 Å². The Balaban J connectivity index is 1.50. The molecule has 2 aromatic rings. The van der Waals surface area contributed by atoms with Gasteiger partial charge < -0.3 is 14.4 Å². The molecular weight excluding hydrogens is 380 g/mol. The zero-order chi connectivity index (χ0) is 21.1. The lowest BCUT2D eigenvalue weighted by Crippen LogP contribution is -2.39. The van der Waals surface area contributed by atoms with E-state index < -0.39 is 0 Å². The molecule has 30 heavy (non-hydrogen) atoms. The topological polar surface area (TPSA) is 70.7 Å². The van der Waals surface area contributed by atoms with Crippen LogP contribution >= 0.6 is 0 Å². The Bertz CT molecular complexity index is 937. The number of anilines is 1. The van der Waals surface area contributed by atoms with Crippen molar-refractivity contribution in [2.75, 3.05) is 51.4 Å². The van der Waals surface area contributed by atoms with E-state index in [4.69, 9.17) is 14.5 Å². The van der Waals surface area contributed by atoms with E-state index in [0.717, 1.165) is 62.6 Å². The minimum absolute atomic E-state index is 0.0692. The average Bonchev–Trinajstić information content (AvgIpc) is 2.76. The Kier molecular flexibility index (Phi) is 6.39. The van der Waals surface area contributed by atoms with Gasteiger partial charge in [-0.25, -0.2) is 4.98 Å². The number of aryl methyl sites for hydroxylation is 2. The van der Waals surface area contributed by atoms with Gasteiger partial charge in [-0.3, -0.25) is 14.7 Å². The van der Waals surface area contributed by atoms with Gasteiger partial charge in [0.1, 0.15) is 5.75 Å². The van der Waals surface area contributed by atoms with Gasteiger partial charge in [0.2, 0.25) is 5.95 Å². The molecule has 162 valence electrons. The molecule has 0 radical (unpaired) electrons. The minimum atomic E-state index is -0.0692. The summed E-state index contributed by atoms with van der Waals surface area (Å²) in [6.45, 7) is 10.0. The predicted octanol–water partition coefficient (Wildman–Crippen LogP) is 2.61. The largest absolute Gasteiger partial charge is 0.496 e. The van der Waals surface area contributed by atoms with E-state index in [1.54, 1.807) is 13.2 Å². The van der Waals surface area contributed by atoms with Crippen LogP contribution in [0.1, 0.15) is 41.1 Å². The second kappa shape index (κ2) is 9.18. The summed E-state index contributed by atoms with van der Waals surface area (Å²) in [4.78, 5) is 24.7. The molecule has 4 rings (SSSR count). The van der Waals surface area contributed by atoms with E-state index in [-0.39, 0.29) is 11.5 Å². The molecular formula is C23H32N4O3. The summed E-state index contributed by atoms with van der Waals surface area (Å²) >= 11 is 0. The molecule has 2 aliphatic rings. The fraction of sp³-hybridized carbons (Fsp3) is 0.565. The average molecular weight is 413 g/mol. The van der Waals surface area contributed by atoms with Gasteiger partial charge in [-0.15, -0.1) is 0 Å². The smallest absolute Gasteiger partial charge is 0.252 e. The molecule has 2 aliphatic heterocycles. The van der Waals surface area contributed by atoms with Gasteiger partial charge in [-0.2, -0.15) is 0 Å². The zero-order valence-corrected chi connectivity index (χ0v) is 18.2. The first kappa shape index (κ1) is 20.9. The Morgan fingerprint density at radius 2 is 1.97 bits per heavy atom. The van der Waals surface area contributed by atoms with E-state index in [9.17, 15) is 4.79 Å². The van der Waals surface area contributed by atoms with Crippen molar-refractivity contribution in [3.05, 3.63) is 50.9 Å². The van der Waals surface area contributed by atoms with Gasteiger partial charge >= 0.3 is 0 Å². The van der Waals surface area contributed by atoms with Gasteiger partial charge in [0.05, 0.1) is 26.0 Å². The van der Waals surface area contributed by atoms with Crippen LogP contribution in [0.25, 0.3) is 0 Å².